The number of aryl methyl sites for hydroxylation is 1. The van der Waals surface area contributed by atoms with Crippen molar-refractivity contribution >= 4 is 10.1 Å². The Morgan fingerprint density at radius 1 is 0.463 bits per heavy atom. The smallest absolute Gasteiger partial charge is 0.297 e. The van der Waals surface area contributed by atoms with Gasteiger partial charge in [-0.15, -0.1) is 0 Å². The predicted octanol–water partition coefficient (Wildman–Crippen LogP) is 3.41. The van der Waals surface area contributed by atoms with E-state index in [1.165, 1.54) is 31.4 Å². The average Bonchev–Trinajstić information content (AvgIpc) is 2.96. The summed E-state index contributed by atoms with van der Waals surface area (Å²) in [6, 6.07) is 6.49. The van der Waals surface area contributed by atoms with Gasteiger partial charge in [0.2, 0.25) is 0 Å². The zero-order valence-corrected chi connectivity index (χ0v) is 25.9. The maximum absolute atomic E-state index is 12.1. The van der Waals surface area contributed by atoms with Gasteiger partial charge in [0.1, 0.15) is 0 Å². The van der Waals surface area contributed by atoms with Crippen LogP contribution < -0.4 is 0 Å². The summed E-state index contributed by atoms with van der Waals surface area (Å²) in [5.41, 5.74) is 0.979. The molecule has 1 aromatic rings. The van der Waals surface area contributed by atoms with Crippen LogP contribution in [0.4, 0.5) is 0 Å². The fourth-order valence-corrected chi connectivity index (χ4v) is 4.14. The second-order valence-corrected chi connectivity index (χ2v) is 10.7. The topological polar surface area (TPSA) is 117 Å². The zero-order valence-electron chi connectivity index (χ0n) is 25.1. The molecule has 1 rings (SSSR count). The van der Waals surface area contributed by atoms with Crippen LogP contribution in [0.2, 0.25) is 0 Å². The van der Waals surface area contributed by atoms with E-state index in [0.29, 0.717) is 92.5 Å². The SMILES string of the molecule is CCCCCCOCCOCCOCCOCCOCCOCCOCCOCCOS(=O)(=O)c1ccc(C)cc1. The molecule has 0 heterocycles. The fourth-order valence-electron chi connectivity index (χ4n) is 3.25. The van der Waals surface area contributed by atoms with Crippen LogP contribution in [0, 0.1) is 6.92 Å². The number of ether oxygens (including phenoxy) is 8. The Balaban J connectivity index is 1.71. The van der Waals surface area contributed by atoms with E-state index in [4.69, 9.17) is 42.1 Å². The van der Waals surface area contributed by atoms with E-state index in [9.17, 15) is 8.42 Å². The molecule has 0 bridgehead atoms. The first-order valence-electron chi connectivity index (χ1n) is 14.6. The second kappa shape index (κ2) is 27.6. The minimum atomic E-state index is -3.76. The molecule has 11 nitrogen and oxygen atoms in total. The van der Waals surface area contributed by atoms with Crippen molar-refractivity contribution in [3.63, 3.8) is 0 Å². The first kappa shape index (κ1) is 37.8. The van der Waals surface area contributed by atoms with Crippen molar-refractivity contribution in [1.29, 1.82) is 0 Å². The van der Waals surface area contributed by atoms with Gasteiger partial charge in [0.05, 0.1) is 111 Å². The average molecular weight is 609 g/mol. The lowest BCUT2D eigenvalue weighted by atomic mass is 10.2. The molecule has 12 heteroatoms. The molecule has 0 saturated carbocycles. The first-order chi connectivity index (χ1) is 20.1. The number of rotatable bonds is 31. The van der Waals surface area contributed by atoms with Gasteiger partial charge in [-0.05, 0) is 25.5 Å². The summed E-state index contributed by atoms with van der Waals surface area (Å²) in [5.74, 6) is 0. The Labute approximate surface area is 247 Å². The largest absolute Gasteiger partial charge is 0.379 e. The van der Waals surface area contributed by atoms with Crippen molar-refractivity contribution in [1.82, 2.24) is 0 Å². The van der Waals surface area contributed by atoms with Crippen LogP contribution in [0.3, 0.4) is 0 Å². The van der Waals surface area contributed by atoms with Crippen molar-refractivity contribution < 1.29 is 50.5 Å². The maximum atomic E-state index is 12.1. The van der Waals surface area contributed by atoms with Gasteiger partial charge in [0, 0.05) is 6.61 Å². The number of hydrogen-bond donors (Lipinski definition) is 0. The Morgan fingerprint density at radius 3 is 1.17 bits per heavy atom. The highest BCUT2D eigenvalue weighted by atomic mass is 32.2. The third-order valence-electron chi connectivity index (χ3n) is 5.52. The molecular weight excluding hydrogens is 556 g/mol. The Bertz CT molecular complexity index is 790. The minimum Gasteiger partial charge on any atom is -0.379 e. The maximum Gasteiger partial charge on any atom is 0.297 e. The molecule has 0 fully saturated rings. The molecule has 0 saturated heterocycles. The zero-order chi connectivity index (χ0) is 29.7. The fraction of sp³-hybridized carbons (Fsp3) is 0.793. The summed E-state index contributed by atoms with van der Waals surface area (Å²) in [4.78, 5) is 0.133. The quantitative estimate of drug-likeness (QED) is 0.0912. The lowest BCUT2D eigenvalue weighted by molar-refractivity contribution is -0.0236. The van der Waals surface area contributed by atoms with E-state index in [1.807, 2.05) is 6.92 Å². The van der Waals surface area contributed by atoms with Gasteiger partial charge in [-0.1, -0.05) is 43.9 Å². The van der Waals surface area contributed by atoms with Crippen molar-refractivity contribution in [3.05, 3.63) is 29.8 Å². The van der Waals surface area contributed by atoms with Gasteiger partial charge < -0.3 is 37.9 Å². The van der Waals surface area contributed by atoms with Gasteiger partial charge in [0.25, 0.3) is 10.1 Å². The third-order valence-corrected chi connectivity index (χ3v) is 6.85. The van der Waals surface area contributed by atoms with Gasteiger partial charge in [-0.2, -0.15) is 8.42 Å². The normalized spacial score (nSPS) is 11.9. The lowest BCUT2D eigenvalue weighted by Gasteiger charge is -2.09. The third kappa shape index (κ3) is 24.0. The van der Waals surface area contributed by atoms with Crippen LogP contribution in [-0.2, 0) is 52.2 Å². The van der Waals surface area contributed by atoms with Crippen LogP contribution in [0.15, 0.2) is 29.2 Å². The molecule has 1 aromatic carbocycles. The molecule has 0 amide bonds. The highest BCUT2D eigenvalue weighted by Crippen LogP contribution is 2.12. The van der Waals surface area contributed by atoms with Crippen LogP contribution in [0.5, 0.6) is 0 Å². The molecule has 0 radical (unpaired) electrons. The van der Waals surface area contributed by atoms with E-state index in [0.717, 1.165) is 18.6 Å². The van der Waals surface area contributed by atoms with Gasteiger partial charge in [-0.25, -0.2) is 0 Å². The molecule has 0 unspecified atom stereocenters. The number of benzene rings is 1. The van der Waals surface area contributed by atoms with Crippen molar-refractivity contribution in [2.75, 3.05) is 112 Å². The molecule has 240 valence electrons. The lowest BCUT2D eigenvalue weighted by Crippen LogP contribution is -2.15. The minimum absolute atomic E-state index is 0.0521. The molecule has 0 aromatic heterocycles. The van der Waals surface area contributed by atoms with Gasteiger partial charge in [0.15, 0.2) is 0 Å². The van der Waals surface area contributed by atoms with E-state index >= 15 is 0 Å². The van der Waals surface area contributed by atoms with Gasteiger partial charge >= 0.3 is 0 Å². The van der Waals surface area contributed by atoms with Crippen molar-refractivity contribution in [3.8, 4) is 0 Å². The molecule has 0 aliphatic heterocycles. The summed E-state index contributed by atoms with van der Waals surface area (Å²) in [5, 5.41) is 0. The molecule has 0 spiro atoms. The van der Waals surface area contributed by atoms with Crippen LogP contribution in [-0.4, -0.2) is 121 Å². The summed E-state index contributed by atoms with van der Waals surface area (Å²) < 4.78 is 72.6. The van der Waals surface area contributed by atoms with E-state index in [1.54, 1.807) is 12.1 Å². The molecular formula is C29H52O11S. The van der Waals surface area contributed by atoms with Crippen LogP contribution >= 0.6 is 0 Å². The summed E-state index contributed by atoms with van der Waals surface area (Å²) >= 11 is 0. The number of unbranched alkanes of at least 4 members (excludes halogenated alkanes) is 3. The van der Waals surface area contributed by atoms with Crippen LogP contribution in [0.1, 0.15) is 38.2 Å². The Morgan fingerprint density at radius 2 is 0.805 bits per heavy atom. The van der Waals surface area contributed by atoms with Crippen LogP contribution in [0.25, 0.3) is 0 Å². The van der Waals surface area contributed by atoms with E-state index < -0.39 is 10.1 Å². The molecule has 0 aliphatic carbocycles. The molecule has 0 aliphatic rings. The molecule has 41 heavy (non-hydrogen) atoms. The highest BCUT2D eigenvalue weighted by Gasteiger charge is 2.14. The summed E-state index contributed by atoms with van der Waals surface area (Å²) in [6.45, 7) is 11.9. The second-order valence-electron chi connectivity index (χ2n) is 9.05. The van der Waals surface area contributed by atoms with E-state index in [-0.39, 0.29) is 18.1 Å². The first-order valence-corrected chi connectivity index (χ1v) is 16.0. The van der Waals surface area contributed by atoms with Crippen molar-refractivity contribution in [2.24, 2.45) is 0 Å². The molecule has 0 atom stereocenters. The standard InChI is InChI=1S/C29H52O11S/c1-3-4-5-6-11-32-12-13-33-14-15-34-16-17-35-18-19-36-20-21-37-22-23-38-24-25-39-26-27-40-41(30,31)29-9-7-28(2)8-10-29/h7-10H,3-6,11-27H2,1-2H3. The predicted molar refractivity (Wildman–Crippen MR) is 155 cm³/mol. The summed E-state index contributed by atoms with van der Waals surface area (Å²) in [7, 11) is -3.76. The monoisotopic (exact) mass is 608 g/mol. The Kier molecular flexibility index (Phi) is 25.5. The highest BCUT2D eigenvalue weighted by molar-refractivity contribution is 7.86. The number of hydrogen-bond acceptors (Lipinski definition) is 11. The molecule has 0 N–H and O–H groups in total. The van der Waals surface area contributed by atoms with E-state index in [2.05, 4.69) is 6.92 Å². The van der Waals surface area contributed by atoms with Gasteiger partial charge in [-0.3, -0.25) is 4.18 Å². The summed E-state index contributed by atoms with van der Waals surface area (Å²) in [6.07, 6.45) is 4.87. The van der Waals surface area contributed by atoms with Crippen molar-refractivity contribution in [2.45, 2.75) is 44.4 Å². The Hall–Kier alpha value is -1.19.